The predicted molar refractivity (Wildman–Crippen MR) is 126 cm³/mol. The van der Waals surface area contributed by atoms with E-state index in [1.807, 2.05) is 6.07 Å². The molecule has 2 saturated heterocycles. The van der Waals surface area contributed by atoms with E-state index in [0.717, 1.165) is 17.7 Å². The zero-order chi connectivity index (χ0) is 25.3. The second-order valence-electron chi connectivity index (χ2n) is 8.99. The highest BCUT2D eigenvalue weighted by molar-refractivity contribution is 6.30. The minimum absolute atomic E-state index is 0.130. The molecule has 2 aliphatic rings. The van der Waals surface area contributed by atoms with Crippen LogP contribution in [-0.2, 0) is 10.9 Å². The monoisotopic (exact) mass is 520 g/mol. The Morgan fingerprint density at radius 1 is 0.972 bits per heavy atom. The topological polar surface area (TPSA) is 71.7 Å². The van der Waals surface area contributed by atoms with Gasteiger partial charge in [-0.05, 0) is 42.3 Å². The first-order chi connectivity index (χ1) is 17.3. The average Bonchev–Trinajstić information content (AvgIpc) is 3.39. The van der Waals surface area contributed by atoms with Gasteiger partial charge in [0, 0.05) is 42.7 Å². The summed E-state index contributed by atoms with van der Waals surface area (Å²) in [6, 6.07) is 12.1. The Balaban J connectivity index is 1.42. The Morgan fingerprint density at radius 2 is 1.69 bits per heavy atom. The standard InChI is InChI=1S/C25H24ClF3N4O3/c26-21-3-1-2-17(13-21)22-30-31-23(36-22)19-12-18(16-4-6-20(7-5-16)25(27,28)29)14-33(15-19)24(34)32-8-10-35-11-9-32/h1-7,13,18-19H,8-12,14-15H2. The number of benzene rings is 2. The molecule has 3 aromatic rings. The molecule has 0 radical (unpaired) electrons. The summed E-state index contributed by atoms with van der Waals surface area (Å²) < 4.78 is 50.6. The third-order valence-electron chi connectivity index (χ3n) is 6.57. The van der Waals surface area contributed by atoms with Crippen LogP contribution in [0.3, 0.4) is 0 Å². The highest BCUT2D eigenvalue weighted by Gasteiger charge is 2.37. The molecule has 190 valence electrons. The van der Waals surface area contributed by atoms with E-state index in [2.05, 4.69) is 10.2 Å². The van der Waals surface area contributed by atoms with E-state index in [9.17, 15) is 18.0 Å². The average molecular weight is 521 g/mol. The Labute approximate surface area is 210 Å². The van der Waals surface area contributed by atoms with E-state index in [0.29, 0.717) is 68.2 Å². The third-order valence-corrected chi connectivity index (χ3v) is 6.81. The highest BCUT2D eigenvalue weighted by atomic mass is 35.5. The maximum Gasteiger partial charge on any atom is 0.416 e. The van der Waals surface area contributed by atoms with E-state index in [1.54, 1.807) is 28.0 Å². The van der Waals surface area contributed by atoms with Crippen LogP contribution in [0.4, 0.5) is 18.0 Å². The fourth-order valence-corrected chi connectivity index (χ4v) is 4.90. The number of ether oxygens (including phenoxy) is 1. The van der Waals surface area contributed by atoms with Crippen molar-refractivity contribution < 1.29 is 27.1 Å². The van der Waals surface area contributed by atoms with Crippen molar-refractivity contribution >= 4 is 17.6 Å². The number of morpholine rings is 1. The normalized spacial score (nSPS) is 21.0. The number of alkyl halides is 3. The number of rotatable bonds is 3. The van der Waals surface area contributed by atoms with Crippen LogP contribution in [0.15, 0.2) is 52.9 Å². The Kier molecular flexibility index (Phi) is 6.90. The predicted octanol–water partition coefficient (Wildman–Crippen LogP) is 5.43. The molecule has 0 N–H and O–H groups in total. The maximum absolute atomic E-state index is 13.3. The number of nitrogens with zero attached hydrogens (tertiary/aromatic N) is 4. The molecule has 11 heteroatoms. The van der Waals surface area contributed by atoms with E-state index < -0.39 is 11.7 Å². The summed E-state index contributed by atoms with van der Waals surface area (Å²) in [5, 5.41) is 8.95. The molecule has 0 bridgehead atoms. The number of piperidine rings is 1. The van der Waals surface area contributed by atoms with Gasteiger partial charge in [-0.1, -0.05) is 29.8 Å². The van der Waals surface area contributed by atoms with Crippen LogP contribution < -0.4 is 0 Å². The van der Waals surface area contributed by atoms with Gasteiger partial charge < -0.3 is 19.0 Å². The van der Waals surface area contributed by atoms with Gasteiger partial charge in [-0.25, -0.2) is 4.79 Å². The molecule has 1 aromatic heterocycles. The van der Waals surface area contributed by atoms with E-state index in [-0.39, 0.29) is 17.9 Å². The van der Waals surface area contributed by atoms with Gasteiger partial charge in [0.05, 0.1) is 24.7 Å². The zero-order valence-electron chi connectivity index (χ0n) is 19.2. The van der Waals surface area contributed by atoms with Crippen molar-refractivity contribution in [3.63, 3.8) is 0 Å². The molecule has 2 aromatic carbocycles. The number of carbonyl (C=O) groups excluding carboxylic acids is 1. The van der Waals surface area contributed by atoms with E-state index in [1.165, 1.54) is 12.1 Å². The maximum atomic E-state index is 13.3. The van der Waals surface area contributed by atoms with Crippen LogP contribution in [0.5, 0.6) is 0 Å². The van der Waals surface area contributed by atoms with Gasteiger partial charge in [0.15, 0.2) is 0 Å². The second kappa shape index (κ2) is 10.1. The molecule has 5 rings (SSSR count). The van der Waals surface area contributed by atoms with Crippen molar-refractivity contribution in [2.45, 2.75) is 24.4 Å². The molecule has 2 atom stereocenters. The molecule has 7 nitrogen and oxygen atoms in total. The quantitative estimate of drug-likeness (QED) is 0.460. The Morgan fingerprint density at radius 3 is 2.39 bits per heavy atom. The number of carbonyl (C=O) groups is 1. The van der Waals surface area contributed by atoms with Gasteiger partial charge in [-0.3, -0.25) is 0 Å². The SMILES string of the molecule is O=C(N1CCOCC1)N1CC(c2ccc(C(F)(F)F)cc2)CC(c2nnc(-c3cccc(Cl)c3)o2)C1. The van der Waals surface area contributed by atoms with E-state index in [4.69, 9.17) is 20.8 Å². The van der Waals surface area contributed by atoms with Crippen LogP contribution in [0.2, 0.25) is 5.02 Å². The minimum Gasteiger partial charge on any atom is -0.420 e. The first-order valence-corrected chi connectivity index (χ1v) is 12.0. The van der Waals surface area contributed by atoms with Crippen LogP contribution in [0, 0.1) is 0 Å². The summed E-state index contributed by atoms with van der Waals surface area (Å²) in [6.45, 7) is 2.67. The fourth-order valence-electron chi connectivity index (χ4n) is 4.71. The van der Waals surface area contributed by atoms with Gasteiger partial charge in [0.2, 0.25) is 11.8 Å². The number of halogens is 4. The number of amides is 2. The van der Waals surface area contributed by atoms with Crippen molar-refractivity contribution in [1.29, 1.82) is 0 Å². The summed E-state index contributed by atoms with van der Waals surface area (Å²) in [4.78, 5) is 16.8. The van der Waals surface area contributed by atoms with Crippen molar-refractivity contribution in [3.8, 4) is 11.5 Å². The number of likely N-dealkylation sites (tertiary alicyclic amines) is 1. The lowest BCUT2D eigenvalue weighted by Gasteiger charge is -2.40. The molecule has 36 heavy (non-hydrogen) atoms. The highest BCUT2D eigenvalue weighted by Crippen LogP contribution is 2.38. The number of hydrogen-bond acceptors (Lipinski definition) is 5. The molecule has 0 spiro atoms. The lowest BCUT2D eigenvalue weighted by atomic mass is 9.84. The molecule has 2 unspecified atom stereocenters. The summed E-state index contributed by atoms with van der Waals surface area (Å²) >= 11 is 6.09. The summed E-state index contributed by atoms with van der Waals surface area (Å²) in [6.07, 6.45) is -3.86. The number of aromatic nitrogens is 2. The summed E-state index contributed by atoms with van der Waals surface area (Å²) in [5.74, 6) is 0.214. The van der Waals surface area contributed by atoms with Crippen molar-refractivity contribution in [2.24, 2.45) is 0 Å². The zero-order valence-corrected chi connectivity index (χ0v) is 20.0. The van der Waals surface area contributed by atoms with Crippen LogP contribution in [0.25, 0.3) is 11.5 Å². The second-order valence-corrected chi connectivity index (χ2v) is 9.43. The van der Waals surface area contributed by atoms with Crippen LogP contribution >= 0.6 is 11.6 Å². The molecule has 2 fully saturated rings. The smallest absolute Gasteiger partial charge is 0.416 e. The van der Waals surface area contributed by atoms with Crippen molar-refractivity contribution in [2.75, 3.05) is 39.4 Å². The van der Waals surface area contributed by atoms with Gasteiger partial charge in [-0.2, -0.15) is 13.2 Å². The molecule has 2 amide bonds. The van der Waals surface area contributed by atoms with Crippen LogP contribution in [-0.4, -0.2) is 65.4 Å². The summed E-state index contributed by atoms with van der Waals surface area (Å²) in [5.41, 5.74) is 0.697. The lowest BCUT2D eigenvalue weighted by molar-refractivity contribution is -0.137. The van der Waals surface area contributed by atoms with Crippen molar-refractivity contribution in [3.05, 3.63) is 70.6 Å². The fraction of sp³-hybridized carbons (Fsp3) is 0.400. The van der Waals surface area contributed by atoms with Crippen LogP contribution in [0.1, 0.15) is 35.3 Å². The lowest BCUT2D eigenvalue weighted by Crippen LogP contribution is -2.52. The Bertz CT molecular complexity index is 1210. The van der Waals surface area contributed by atoms with E-state index >= 15 is 0 Å². The number of urea groups is 1. The minimum atomic E-state index is -4.41. The van der Waals surface area contributed by atoms with Gasteiger partial charge in [0.1, 0.15) is 0 Å². The number of hydrogen-bond donors (Lipinski definition) is 0. The first kappa shape index (κ1) is 24.6. The summed E-state index contributed by atoms with van der Waals surface area (Å²) in [7, 11) is 0. The molecule has 2 aliphatic heterocycles. The van der Waals surface area contributed by atoms with Gasteiger partial charge >= 0.3 is 12.2 Å². The molecule has 0 saturated carbocycles. The third kappa shape index (κ3) is 5.34. The van der Waals surface area contributed by atoms with Crippen molar-refractivity contribution in [1.82, 2.24) is 20.0 Å². The first-order valence-electron chi connectivity index (χ1n) is 11.7. The molecule has 3 heterocycles. The van der Waals surface area contributed by atoms with Gasteiger partial charge in [0.25, 0.3) is 0 Å². The largest absolute Gasteiger partial charge is 0.420 e. The molecule has 0 aliphatic carbocycles. The Hall–Kier alpha value is -3.11. The van der Waals surface area contributed by atoms with Gasteiger partial charge in [-0.15, -0.1) is 10.2 Å². The molecular formula is C25H24ClF3N4O3. The molecular weight excluding hydrogens is 497 g/mol.